The van der Waals surface area contributed by atoms with Crippen LogP contribution in [-0.4, -0.2) is 30.3 Å². The van der Waals surface area contributed by atoms with E-state index in [4.69, 9.17) is 4.74 Å². The van der Waals surface area contributed by atoms with Gasteiger partial charge in [-0.25, -0.2) is 4.79 Å². The highest BCUT2D eigenvalue weighted by Crippen LogP contribution is 2.55. The number of esters is 2. The first kappa shape index (κ1) is 19.8. The lowest BCUT2D eigenvalue weighted by Crippen LogP contribution is -2.48. The minimum atomic E-state index is -4.62. The molecular weight excluding hydrogens is 337 g/mol. The van der Waals surface area contributed by atoms with E-state index in [0.717, 1.165) is 26.7 Å². The molecule has 0 aliphatic heterocycles. The third-order valence-electron chi connectivity index (χ3n) is 5.49. The number of hydrogen-bond acceptors (Lipinski definition) is 4. The summed E-state index contributed by atoms with van der Waals surface area (Å²) in [6, 6.07) is 0. The van der Waals surface area contributed by atoms with Crippen LogP contribution >= 0.6 is 0 Å². The van der Waals surface area contributed by atoms with Crippen LogP contribution < -0.4 is 0 Å². The molecule has 0 aromatic heterocycles. The molecule has 2 bridgehead atoms. The number of hydrogen-bond donors (Lipinski definition) is 0. The zero-order valence-corrected chi connectivity index (χ0v) is 14.8. The van der Waals surface area contributed by atoms with Gasteiger partial charge in [0.25, 0.3) is 0 Å². The summed E-state index contributed by atoms with van der Waals surface area (Å²) in [5.74, 6) is -1.15. The number of halogens is 3. The molecule has 25 heavy (non-hydrogen) atoms. The molecule has 0 aromatic carbocycles. The van der Waals surface area contributed by atoms with Crippen molar-refractivity contribution in [3.8, 4) is 0 Å². The van der Waals surface area contributed by atoms with Gasteiger partial charge in [0.1, 0.15) is 0 Å². The van der Waals surface area contributed by atoms with E-state index in [1.54, 1.807) is 6.92 Å². The van der Waals surface area contributed by atoms with E-state index in [1.807, 2.05) is 0 Å². The number of carbonyl (C=O) groups excluding carboxylic acids is 2. The molecule has 0 radical (unpaired) electrons. The van der Waals surface area contributed by atoms with Gasteiger partial charge in [-0.1, -0.05) is 6.58 Å². The van der Waals surface area contributed by atoms with Crippen molar-refractivity contribution in [2.75, 3.05) is 6.61 Å². The number of rotatable bonds is 6. The largest absolute Gasteiger partial charge is 0.462 e. The zero-order valence-electron chi connectivity index (χ0n) is 14.8. The molecule has 2 saturated carbocycles. The second-order valence-corrected chi connectivity index (χ2v) is 7.66. The fourth-order valence-electron chi connectivity index (χ4n) is 4.41. The highest BCUT2D eigenvalue weighted by atomic mass is 19.4. The van der Waals surface area contributed by atoms with Crippen LogP contribution in [0.2, 0.25) is 0 Å². The summed E-state index contributed by atoms with van der Waals surface area (Å²) in [4.78, 5) is 22.7. The first-order valence-electron chi connectivity index (χ1n) is 8.52. The highest BCUT2D eigenvalue weighted by Gasteiger charge is 2.58. The standard InChI is InChI=1S/C18H25F3O4/c1-10(2)16(23)24-9-14-6-12-5-13(15(14)7-12)8-17(4,18(19,20)21)25-11(3)22/h12-15H,1,5-9H2,2-4H3. The number of carbonyl (C=O) groups is 2. The average molecular weight is 362 g/mol. The predicted molar refractivity (Wildman–Crippen MR) is 84.4 cm³/mol. The van der Waals surface area contributed by atoms with E-state index in [1.165, 1.54) is 0 Å². The lowest BCUT2D eigenvalue weighted by atomic mass is 9.75. The molecular formula is C18H25F3O4. The Morgan fingerprint density at radius 1 is 1.12 bits per heavy atom. The van der Waals surface area contributed by atoms with Gasteiger partial charge >= 0.3 is 18.1 Å². The molecule has 2 aliphatic carbocycles. The summed E-state index contributed by atoms with van der Waals surface area (Å²) < 4.78 is 50.2. The molecule has 2 aliphatic rings. The van der Waals surface area contributed by atoms with Crippen molar-refractivity contribution in [3.63, 3.8) is 0 Å². The van der Waals surface area contributed by atoms with Crippen LogP contribution in [0.5, 0.6) is 0 Å². The molecule has 2 fully saturated rings. The Kier molecular flexibility index (Phi) is 5.54. The lowest BCUT2D eigenvalue weighted by Gasteiger charge is -2.37. The number of ether oxygens (including phenoxy) is 2. The summed E-state index contributed by atoms with van der Waals surface area (Å²) in [5.41, 5.74) is -2.17. The first-order chi connectivity index (χ1) is 11.4. The first-order valence-corrected chi connectivity index (χ1v) is 8.52. The lowest BCUT2D eigenvalue weighted by molar-refractivity contribution is -0.269. The average Bonchev–Trinajstić information content (AvgIpc) is 3.01. The fourth-order valence-corrected chi connectivity index (χ4v) is 4.41. The summed E-state index contributed by atoms with van der Waals surface area (Å²) in [5, 5.41) is 0. The monoisotopic (exact) mass is 362 g/mol. The predicted octanol–water partition coefficient (Wildman–Crippen LogP) is 4.04. The summed E-state index contributed by atoms with van der Waals surface area (Å²) in [7, 11) is 0. The Bertz CT molecular complexity index is 557. The number of alkyl halides is 3. The third-order valence-corrected chi connectivity index (χ3v) is 5.49. The highest BCUT2D eigenvalue weighted by molar-refractivity contribution is 5.86. The van der Waals surface area contributed by atoms with Crippen molar-refractivity contribution in [2.24, 2.45) is 23.7 Å². The molecule has 0 aromatic rings. The van der Waals surface area contributed by atoms with E-state index >= 15 is 0 Å². The minimum absolute atomic E-state index is 0.0557. The molecule has 0 spiro atoms. The van der Waals surface area contributed by atoms with Crippen LogP contribution in [0.3, 0.4) is 0 Å². The van der Waals surface area contributed by atoms with Crippen LogP contribution in [-0.2, 0) is 19.1 Å². The Morgan fingerprint density at radius 2 is 1.72 bits per heavy atom. The molecule has 142 valence electrons. The molecule has 0 N–H and O–H groups in total. The van der Waals surface area contributed by atoms with Crippen molar-refractivity contribution in [1.29, 1.82) is 0 Å². The SMILES string of the molecule is C=C(C)C(=O)OCC1CC2CC(CC(C)(OC(C)=O)C(F)(F)F)C1C2. The summed E-state index contributed by atoms with van der Waals surface area (Å²) in [6.45, 7) is 7.21. The van der Waals surface area contributed by atoms with Gasteiger partial charge in [-0.3, -0.25) is 4.79 Å². The van der Waals surface area contributed by atoms with Crippen molar-refractivity contribution >= 4 is 11.9 Å². The van der Waals surface area contributed by atoms with E-state index in [-0.39, 0.29) is 30.8 Å². The van der Waals surface area contributed by atoms with Crippen molar-refractivity contribution in [3.05, 3.63) is 12.2 Å². The molecule has 7 heteroatoms. The Hall–Kier alpha value is -1.53. The molecule has 0 saturated heterocycles. The molecule has 0 amide bonds. The van der Waals surface area contributed by atoms with E-state index in [0.29, 0.717) is 17.9 Å². The molecule has 5 atom stereocenters. The molecule has 2 rings (SSSR count). The van der Waals surface area contributed by atoms with Crippen LogP contribution in [0.25, 0.3) is 0 Å². The second-order valence-electron chi connectivity index (χ2n) is 7.66. The minimum Gasteiger partial charge on any atom is -0.462 e. The van der Waals surface area contributed by atoms with Gasteiger partial charge in [0, 0.05) is 12.5 Å². The van der Waals surface area contributed by atoms with E-state index in [2.05, 4.69) is 11.3 Å². The van der Waals surface area contributed by atoms with Crippen LogP contribution in [0.1, 0.15) is 46.5 Å². The topological polar surface area (TPSA) is 52.6 Å². The van der Waals surface area contributed by atoms with Gasteiger partial charge in [0.05, 0.1) is 6.61 Å². The van der Waals surface area contributed by atoms with Crippen molar-refractivity contribution in [2.45, 2.75) is 58.2 Å². The Labute approximate surface area is 145 Å². The summed E-state index contributed by atoms with van der Waals surface area (Å²) in [6.07, 6.45) is -2.47. The van der Waals surface area contributed by atoms with Crippen LogP contribution in [0.15, 0.2) is 12.2 Å². The van der Waals surface area contributed by atoms with E-state index in [9.17, 15) is 22.8 Å². The van der Waals surface area contributed by atoms with Crippen LogP contribution in [0.4, 0.5) is 13.2 Å². The zero-order chi connectivity index (χ0) is 19.0. The van der Waals surface area contributed by atoms with Gasteiger partial charge < -0.3 is 9.47 Å². The smallest absolute Gasteiger partial charge is 0.428 e. The Balaban J connectivity index is 2.04. The maximum absolute atomic E-state index is 13.4. The maximum Gasteiger partial charge on any atom is 0.428 e. The normalized spacial score (nSPS) is 30.6. The van der Waals surface area contributed by atoms with Gasteiger partial charge in [-0.05, 0) is 63.2 Å². The fraction of sp³-hybridized carbons (Fsp3) is 0.778. The van der Waals surface area contributed by atoms with E-state index < -0.39 is 23.7 Å². The molecule has 4 nitrogen and oxygen atoms in total. The van der Waals surface area contributed by atoms with Gasteiger partial charge in [-0.2, -0.15) is 13.2 Å². The van der Waals surface area contributed by atoms with Gasteiger partial charge in [0.2, 0.25) is 5.60 Å². The quantitative estimate of drug-likeness (QED) is 0.529. The molecule has 0 heterocycles. The number of fused-ring (bicyclic) bond motifs is 2. The van der Waals surface area contributed by atoms with Gasteiger partial charge in [-0.15, -0.1) is 0 Å². The third kappa shape index (κ3) is 4.36. The van der Waals surface area contributed by atoms with Crippen molar-refractivity contribution in [1.82, 2.24) is 0 Å². The summed E-state index contributed by atoms with van der Waals surface area (Å²) >= 11 is 0. The molecule has 5 unspecified atom stereocenters. The second kappa shape index (κ2) is 7.00. The van der Waals surface area contributed by atoms with Crippen LogP contribution in [0, 0.1) is 23.7 Å². The van der Waals surface area contributed by atoms with Crippen molar-refractivity contribution < 1.29 is 32.2 Å². The Morgan fingerprint density at radius 3 is 2.20 bits per heavy atom. The van der Waals surface area contributed by atoms with Gasteiger partial charge in [0.15, 0.2) is 0 Å². The maximum atomic E-state index is 13.4.